The van der Waals surface area contributed by atoms with Crippen molar-refractivity contribution in [2.24, 2.45) is 17.8 Å². The van der Waals surface area contributed by atoms with Crippen molar-refractivity contribution in [1.82, 2.24) is 10.2 Å². The van der Waals surface area contributed by atoms with E-state index in [0.717, 1.165) is 23.8 Å². The lowest BCUT2D eigenvalue weighted by Gasteiger charge is -2.47. The molecule has 0 aromatic heterocycles. The molecule has 0 amide bonds. The van der Waals surface area contributed by atoms with Gasteiger partial charge in [-0.2, -0.15) is 0 Å². The van der Waals surface area contributed by atoms with Crippen LogP contribution in [0, 0.1) is 17.8 Å². The second kappa shape index (κ2) is 5.37. The Morgan fingerprint density at radius 1 is 1.16 bits per heavy atom. The highest BCUT2D eigenvalue weighted by Crippen LogP contribution is 2.49. The lowest BCUT2D eigenvalue weighted by atomic mass is 9.90. The van der Waals surface area contributed by atoms with Crippen LogP contribution in [0.4, 0.5) is 0 Å². The summed E-state index contributed by atoms with van der Waals surface area (Å²) >= 11 is 0. The van der Waals surface area contributed by atoms with E-state index in [9.17, 15) is 0 Å². The van der Waals surface area contributed by atoms with Gasteiger partial charge in [-0.1, -0.05) is 13.8 Å². The van der Waals surface area contributed by atoms with Gasteiger partial charge in [-0.3, -0.25) is 4.90 Å². The Hall–Kier alpha value is -0.0800. The quantitative estimate of drug-likeness (QED) is 0.792. The first-order valence-corrected chi connectivity index (χ1v) is 8.64. The van der Waals surface area contributed by atoms with Crippen LogP contribution in [0.3, 0.4) is 0 Å². The first-order valence-electron chi connectivity index (χ1n) is 8.64. The molecule has 19 heavy (non-hydrogen) atoms. The summed E-state index contributed by atoms with van der Waals surface area (Å²) < 4.78 is 0. The number of hydrogen-bond donors (Lipinski definition) is 1. The molecule has 0 aromatic rings. The van der Waals surface area contributed by atoms with Crippen LogP contribution in [0.15, 0.2) is 0 Å². The summed E-state index contributed by atoms with van der Waals surface area (Å²) in [5.41, 5.74) is 0.351. The van der Waals surface area contributed by atoms with Crippen LogP contribution < -0.4 is 5.32 Å². The third kappa shape index (κ3) is 3.16. The molecule has 2 nitrogen and oxygen atoms in total. The van der Waals surface area contributed by atoms with Crippen LogP contribution in [-0.4, -0.2) is 36.1 Å². The van der Waals surface area contributed by atoms with Crippen LogP contribution >= 0.6 is 0 Å². The average molecular weight is 264 g/mol. The minimum Gasteiger partial charge on any atom is -0.309 e. The van der Waals surface area contributed by atoms with E-state index in [1.807, 2.05) is 0 Å². The summed E-state index contributed by atoms with van der Waals surface area (Å²) in [6.45, 7) is 11.0. The fraction of sp³-hybridized carbons (Fsp3) is 1.00. The zero-order valence-electron chi connectivity index (χ0n) is 13.1. The van der Waals surface area contributed by atoms with Gasteiger partial charge >= 0.3 is 0 Å². The molecule has 2 atom stereocenters. The maximum Gasteiger partial charge on any atom is 0.0278 e. The molecule has 2 saturated carbocycles. The monoisotopic (exact) mass is 264 g/mol. The second-order valence-corrected chi connectivity index (χ2v) is 7.63. The highest BCUT2D eigenvalue weighted by Gasteiger charge is 2.44. The molecule has 1 N–H and O–H groups in total. The van der Waals surface area contributed by atoms with Crippen molar-refractivity contribution in [3.63, 3.8) is 0 Å². The second-order valence-electron chi connectivity index (χ2n) is 7.63. The smallest absolute Gasteiger partial charge is 0.0278 e. The van der Waals surface area contributed by atoms with Gasteiger partial charge in [0.2, 0.25) is 0 Å². The Balaban J connectivity index is 1.64. The zero-order chi connectivity index (χ0) is 13.5. The van der Waals surface area contributed by atoms with Crippen molar-refractivity contribution in [2.75, 3.05) is 19.6 Å². The van der Waals surface area contributed by atoms with Gasteiger partial charge in [-0.05, 0) is 63.2 Å². The fourth-order valence-electron chi connectivity index (χ4n) is 3.98. The van der Waals surface area contributed by atoms with Gasteiger partial charge in [-0.15, -0.1) is 0 Å². The number of rotatable bonds is 6. The molecule has 0 radical (unpaired) electrons. The van der Waals surface area contributed by atoms with Crippen LogP contribution in [0.5, 0.6) is 0 Å². The SMILES string of the molecule is CCC1CNC(C)(CC)CN1CC(C1CC1)C1CC1. The Bertz CT molecular complexity index is 296. The molecule has 110 valence electrons. The molecule has 1 saturated heterocycles. The predicted octanol–water partition coefficient (Wildman–Crippen LogP) is 3.28. The molecule has 2 unspecified atom stereocenters. The number of hydrogen-bond acceptors (Lipinski definition) is 2. The van der Waals surface area contributed by atoms with Crippen molar-refractivity contribution in [3.05, 3.63) is 0 Å². The zero-order valence-corrected chi connectivity index (χ0v) is 13.1. The van der Waals surface area contributed by atoms with Gasteiger partial charge in [-0.25, -0.2) is 0 Å². The van der Waals surface area contributed by atoms with E-state index in [-0.39, 0.29) is 0 Å². The molecule has 3 rings (SSSR count). The summed E-state index contributed by atoms with van der Waals surface area (Å²) in [6, 6.07) is 0.777. The van der Waals surface area contributed by atoms with Crippen LogP contribution in [0.25, 0.3) is 0 Å². The van der Waals surface area contributed by atoms with Crippen molar-refractivity contribution in [2.45, 2.75) is 70.9 Å². The third-order valence-electron chi connectivity index (χ3n) is 5.98. The standard InChI is InChI=1S/C17H32N2/c1-4-15-10-18-17(3,5-2)12-19(15)11-16(13-6-7-13)14-8-9-14/h13-16,18H,4-12H2,1-3H3. The van der Waals surface area contributed by atoms with E-state index in [2.05, 4.69) is 31.0 Å². The van der Waals surface area contributed by atoms with Crippen LogP contribution in [0.1, 0.15) is 59.3 Å². The predicted molar refractivity (Wildman–Crippen MR) is 81.3 cm³/mol. The molecule has 0 spiro atoms. The lowest BCUT2D eigenvalue weighted by molar-refractivity contribution is 0.0601. The summed E-state index contributed by atoms with van der Waals surface area (Å²) in [5, 5.41) is 3.80. The maximum atomic E-state index is 3.80. The van der Waals surface area contributed by atoms with Crippen LogP contribution in [-0.2, 0) is 0 Å². The van der Waals surface area contributed by atoms with E-state index >= 15 is 0 Å². The summed E-state index contributed by atoms with van der Waals surface area (Å²) in [6.07, 6.45) is 8.64. The number of nitrogens with one attached hydrogen (secondary N) is 1. The van der Waals surface area contributed by atoms with Crippen molar-refractivity contribution in [1.29, 1.82) is 0 Å². The van der Waals surface area contributed by atoms with Crippen molar-refractivity contribution in [3.8, 4) is 0 Å². The van der Waals surface area contributed by atoms with Gasteiger partial charge in [0.25, 0.3) is 0 Å². The van der Waals surface area contributed by atoms with Crippen LogP contribution in [0.2, 0.25) is 0 Å². The van der Waals surface area contributed by atoms with Crippen molar-refractivity contribution < 1.29 is 0 Å². The molecule has 2 heteroatoms. The average Bonchev–Trinajstić information content (AvgIpc) is 3.29. The summed E-state index contributed by atoms with van der Waals surface area (Å²) in [5.74, 6) is 3.22. The van der Waals surface area contributed by atoms with E-state index in [1.165, 1.54) is 58.2 Å². The molecule has 1 aliphatic heterocycles. The number of nitrogens with zero attached hydrogens (tertiary/aromatic N) is 1. The highest BCUT2D eigenvalue weighted by atomic mass is 15.3. The Kier molecular flexibility index (Phi) is 3.92. The minimum atomic E-state index is 0.351. The van der Waals surface area contributed by atoms with E-state index in [0.29, 0.717) is 5.54 Å². The molecule has 0 aromatic carbocycles. The first-order chi connectivity index (χ1) is 9.15. The lowest BCUT2D eigenvalue weighted by Crippen LogP contribution is -2.63. The molecule has 3 aliphatic rings. The van der Waals surface area contributed by atoms with Gasteiger partial charge in [0.15, 0.2) is 0 Å². The topological polar surface area (TPSA) is 15.3 Å². The van der Waals surface area contributed by atoms with E-state index < -0.39 is 0 Å². The first kappa shape index (κ1) is 13.9. The highest BCUT2D eigenvalue weighted by molar-refractivity contribution is 4.98. The molecular formula is C17H32N2. The fourth-order valence-corrected chi connectivity index (χ4v) is 3.98. The van der Waals surface area contributed by atoms with Crippen molar-refractivity contribution >= 4 is 0 Å². The van der Waals surface area contributed by atoms with Gasteiger partial charge in [0.05, 0.1) is 0 Å². The Labute approximate surface area is 119 Å². The summed E-state index contributed by atoms with van der Waals surface area (Å²) in [7, 11) is 0. The normalized spacial score (nSPS) is 36.9. The molecule has 2 aliphatic carbocycles. The molecule has 0 bridgehead atoms. The molecule has 1 heterocycles. The van der Waals surface area contributed by atoms with Gasteiger partial charge in [0, 0.05) is 31.2 Å². The Morgan fingerprint density at radius 2 is 1.79 bits per heavy atom. The summed E-state index contributed by atoms with van der Waals surface area (Å²) in [4.78, 5) is 2.85. The molecular weight excluding hydrogens is 232 g/mol. The number of piperazine rings is 1. The maximum absolute atomic E-state index is 3.80. The van der Waals surface area contributed by atoms with Gasteiger partial charge in [0.1, 0.15) is 0 Å². The largest absolute Gasteiger partial charge is 0.309 e. The Morgan fingerprint density at radius 3 is 2.26 bits per heavy atom. The van der Waals surface area contributed by atoms with Gasteiger partial charge < -0.3 is 5.32 Å². The molecule has 3 fully saturated rings. The third-order valence-corrected chi connectivity index (χ3v) is 5.98. The van der Waals surface area contributed by atoms with E-state index in [4.69, 9.17) is 0 Å². The minimum absolute atomic E-state index is 0.351. The van der Waals surface area contributed by atoms with E-state index in [1.54, 1.807) is 0 Å².